The van der Waals surface area contributed by atoms with E-state index in [0.717, 1.165) is 36.5 Å². The van der Waals surface area contributed by atoms with E-state index in [1.54, 1.807) is 6.33 Å². The molecule has 0 spiro atoms. The summed E-state index contributed by atoms with van der Waals surface area (Å²) in [6.07, 6.45) is 3.14. The molecule has 0 fully saturated rings. The second-order valence-electron chi connectivity index (χ2n) is 5.67. The number of anilines is 1. The molecule has 2 rings (SSSR count). The van der Waals surface area contributed by atoms with Crippen LogP contribution in [-0.2, 0) is 11.3 Å². The molecule has 1 aromatic heterocycles. The second-order valence-corrected chi connectivity index (χ2v) is 5.67. The summed E-state index contributed by atoms with van der Waals surface area (Å²) in [5.74, 6) is 0.763. The first-order chi connectivity index (χ1) is 11.1. The molecule has 3 N–H and O–H groups in total. The van der Waals surface area contributed by atoms with Crippen molar-refractivity contribution in [1.82, 2.24) is 14.8 Å². The number of carbonyl (C=O) groups is 1. The van der Waals surface area contributed by atoms with E-state index >= 15 is 0 Å². The minimum atomic E-state index is -0.514. The van der Waals surface area contributed by atoms with Gasteiger partial charge in [0, 0.05) is 24.3 Å². The molecule has 0 saturated carbocycles. The van der Waals surface area contributed by atoms with Gasteiger partial charge in [-0.3, -0.25) is 4.79 Å². The van der Waals surface area contributed by atoms with Gasteiger partial charge in [-0.1, -0.05) is 26.0 Å². The molecule has 1 aromatic carbocycles. The van der Waals surface area contributed by atoms with Gasteiger partial charge < -0.3 is 15.6 Å². The van der Waals surface area contributed by atoms with Crippen molar-refractivity contribution < 1.29 is 4.79 Å². The molecular weight excluding hydrogens is 290 g/mol. The standard InChI is InChI=1S/C17H25N5O/c1-4-17(5-2,11-18)16(23)20-14-9-7-8-13(10-14)15-21-19-12-22(15)6-3/h7-10,12H,4-6,11,18H2,1-3H3,(H,20,23). The molecule has 0 bridgehead atoms. The summed E-state index contributed by atoms with van der Waals surface area (Å²) in [4.78, 5) is 12.6. The number of aryl methyl sites for hydroxylation is 1. The Balaban J connectivity index is 2.25. The molecule has 6 nitrogen and oxygen atoms in total. The fraction of sp³-hybridized carbons (Fsp3) is 0.471. The average Bonchev–Trinajstić information content (AvgIpc) is 3.06. The molecule has 124 valence electrons. The number of hydrogen-bond donors (Lipinski definition) is 2. The van der Waals surface area contributed by atoms with Gasteiger partial charge in [-0.15, -0.1) is 10.2 Å². The van der Waals surface area contributed by atoms with E-state index in [9.17, 15) is 4.79 Å². The topological polar surface area (TPSA) is 85.8 Å². The number of benzene rings is 1. The molecule has 0 unspecified atom stereocenters. The van der Waals surface area contributed by atoms with E-state index in [0.29, 0.717) is 6.54 Å². The van der Waals surface area contributed by atoms with Gasteiger partial charge in [0.25, 0.3) is 0 Å². The largest absolute Gasteiger partial charge is 0.329 e. The Bertz CT molecular complexity index is 652. The summed E-state index contributed by atoms with van der Waals surface area (Å²) in [5, 5.41) is 11.1. The number of nitrogens with two attached hydrogens (primary N) is 1. The number of aromatic nitrogens is 3. The summed E-state index contributed by atoms with van der Waals surface area (Å²) in [6.45, 7) is 7.17. The van der Waals surface area contributed by atoms with Gasteiger partial charge in [0.1, 0.15) is 6.33 Å². The number of nitrogens with zero attached hydrogens (tertiary/aromatic N) is 3. The number of amides is 1. The fourth-order valence-electron chi connectivity index (χ4n) is 2.66. The minimum absolute atomic E-state index is 0.0286. The van der Waals surface area contributed by atoms with Gasteiger partial charge in [0.15, 0.2) is 5.82 Å². The van der Waals surface area contributed by atoms with Crippen molar-refractivity contribution in [2.24, 2.45) is 11.1 Å². The molecule has 0 aliphatic heterocycles. The lowest BCUT2D eigenvalue weighted by Gasteiger charge is -2.28. The Morgan fingerprint density at radius 2 is 2.04 bits per heavy atom. The van der Waals surface area contributed by atoms with Crippen LogP contribution in [0.4, 0.5) is 5.69 Å². The first kappa shape index (κ1) is 17.1. The highest BCUT2D eigenvalue weighted by Gasteiger charge is 2.33. The smallest absolute Gasteiger partial charge is 0.231 e. The van der Waals surface area contributed by atoms with Gasteiger partial charge in [-0.2, -0.15) is 0 Å². The van der Waals surface area contributed by atoms with Crippen LogP contribution in [0, 0.1) is 5.41 Å². The van der Waals surface area contributed by atoms with Crippen molar-refractivity contribution in [2.45, 2.75) is 40.2 Å². The zero-order chi connectivity index (χ0) is 16.9. The normalized spacial score (nSPS) is 11.5. The third kappa shape index (κ3) is 3.42. The maximum absolute atomic E-state index is 12.6. The van der Waals surface area contributed by atoms with Gasteiger partial charge in [-0.05, 0) is 31.9 Å². The summed E-state index contributed by atoms with van der Waals surface area (Å²) < 4.78 is 1.96. The third-order valence-electron chi connectivity index (χ3n) is 4.56. The van der Waals surface area contributed by atoms with E-state index in [1.165, 1.54) is 0 Å². The first-order valence-electron chi connectivity index (χ1n) is 8.10. The molecule has 0 atom stereocenters. The molecule has 1 amide bonds. The molecule has 0 radical (unpaired) electrons. The van der Waals surface area contributed by atoms with Crippen LogP contribution in [0.15, 0.2) is 30.6 Å². The van der Waals surface area contributed by atoms with Crippen LogP contribution in [-0.4, -0.2) is 27.2 Å². The van der Waals surface area contributed by atoms with Gasteiger partial charge >= 0.3 is 0 Å². The van der Waals surface area contributed by atoms with Crippen LogP contribution < -0.4 is 11.1 Å². The monoisotopic (exact) mass is 315 g/mol. The van der Waals surface area contributed by atoms with E-state index in [1.807, 2.05) is 49.6 Å². The predicted octanol–water partition coefficient (Wildman–Crippen LogP) is 2.67. The first-order valence-corrected chi connectivity index (χ1v) is 8.10. The summed E-state index contributed by atoms with van der Waals surface area (Å²) >= 11 is 0. The maximum atomic E-state index is 12.6. The van der Waals surface area contributed by atoms with Gasteiger partial charge in [-0.25, -0.2) is 0 Å². The van der Waals surface area contributed by atoms with E-state index in [4.69, 9.17) is 5.73 Å². The number of hydrogen-bond acceptors (Lipinski definition) is 4. The summed E-state index contributed by atoms with van der Waals surface area (Å²) in [6, 6.07) is 7.66. The Kier molecular flexibility index (Phi) is 5.50. The van der Waals surface area contributed by atoms with Crippen LogP contribution in [0.25, 0.3) is 11.4 Å². The van der Waals surface area contributed by atoms with E-state index in [-0.39, 0.29) is 5.91 Å². The quantitative estimate of drug-likeness (QED) is 0.822. The highest BCUT2D eigenvalue weighted by atomic mass is 16.2. The zero-order valence-electron chi connectivity index (χ0n) is 14.0. The van der Waals surface area contributed by atoms with Gasteiger partial charge in [0.05, 0.1) is 5.41 Å². The molecule has 6 heteroatoms. The van der Waals surface area contributed by atoms with Crippen LogP contribution in [0.3, 0.4) is 0 Å². The Hall–Kier alpha value is -2.21. The van der Waals surface area contributed by atoms with Crippen LogP contribution in [0.1, 0.15) is 33.6 Å². The minimum Gasteiger partial charge on any atom is -0.329 e. The van der Waals surface area contributed by atoms with Crippen molar-refractivity contribution in [3.63, 3.8) is 0 Å². The van der Waals surface area contributed by atoms with Crippen molar-refractivity contribution in [2.75, 3.05) is 11.9 Å². The zero-order valence-corrected chi connectivity index (χ0v) is 14.0. The molecule has 0 aliphatic rings. The Labute approximate surface area is 137 Å². The average molecular weight is 315 g/mol. The Morgan fingerprint density at radius 1 is 1.30 bits per heavy atom. The van der Waals surface area contributed by atoms with Crippen molar-refractivity contribution in [1.29, 1.82) is 0 Å². The van der Waals surface area contributed by atoms with E-state index in [2.05, 4.69) is 15.5 Å². The van der Waals surface area contributed by atoms with Gasteiger partial charge in [0.2, 0.25) is 5.91 Å². The number of nitrogens with one attached hydrogen (secondary N) is 1. The molecule has 2 aromatic rings. The highest BCUT2D eigenvalue weighted by molar-refractivity contribution is 5.95. The summed E-state index contributed by atoms with van der Waals surface area (Å²) in [7, 11) is 0. The molecule has 23 heavy (non-hydrogen) atoms. The van der Waals surface area contributed by atoms with Crippen molar-refractivity contribution in [3.8, 4) is 11.4 Å². The molecule has 1 heterocycles. The highest BCUT2D eigenvalue weighted by Crippen LogP contribution is 2.28. The predicted molar refractivity (Wildman–Crippen MR) is 91.8 cm³/mol. The van der Waals surface area contributed by atoms with Crippen LogP contribution in [0.5, 0.6) is 0 Å². The maximum Gasteiger partial charge on any atom is 0.231 e. The Morgan fingerprint density at radius 3 is 2.65 bits per heavy atom. The molecule has 0 aliphatic carbocycles. The number of carbonyl (C=O) groups excluding carboxylic acids is 1. The fourth-order valence-corrected chi connectivity index (χ4v) is 2.66. The molecular formula is C17H25N5O. The third-order valence-corrected chi connectivity index (χ3v) is 4.56. The lowest BCUT2D eigenvalue weighted by molar-refractivity contribution is -0.125. The van der Waals surface area contributed by atoms with Crippen LogP contribution in [0.2, 0.25) is 0 Å². The van der Waals surface area contributed by atoms with E-state index < -0.39 is 5.41 Å². The SMILES string of the molecule is CCn1cnnc1-c1cccc(NC(=O)C(CC)(CC)CN)c1. The lowest BCUT2D eigenvalue weighted by Crippen LogP contribution is -2.41. The van der Waals surface area contributed by atoms with Crippen LogP contribution >= 0.6 is 0 Å². The molecule has 0 saturated heterocycles. The summed E-state index contributed by atoms with van der Waals surface area (Å²) in [5.41, 5.74) is 7.00. The second kappa shape index (κ2) is 7.37. The van der Waals surface area contributed by atoms with Crippen molar-refractivity contribution >= 4 is 11.6 Å². The van der Waals surface area contributed by atoms with Crippen molar-refractivity contribution in [3.05, 3.63) is 30.6 Å². The lowest BCUT2D eigenvalue weighted by atomic mass is 9.81. The number of rotatable bonds is 7.